The third kappa shape index (κ3) is 4.46. The summed E-state index contributed by atoms with van der Waals surface area (Å²) in [5.41, 5.74) is -0.589. The lowest BCUT2D eigenvalue weighted by Crippen LogP contribution is -2.47. The zero-order chi connectivity index (χ0) is 12.9. The van der Waals surface area contributed by atoms with Crippen molar-refractivity contribution in [2.45, 2.75) is 63.2 Å². The van der Waals surface area contributed by atoms with Crippen LogP contribution in [0.15, 0.2) is 0 Å². The maximum absolute atomic E-state index is 10.2. The third-order valence-electron chi connectivity index (χ3n) is 4.37. The van der Waals surface area contributed by atoms with E-state index in [0.29, 0.717) is 17.2 Å². The molecule has 0 saturated heterocycles. The van der Waals surface area contributed by atoms with Gasteiger partial charge >= 0.3 is 0 Å². The quantitative estimate of drug-likeness (QED) is 0.769. The summed E-state index contributed by atoms with van der Waals surface area (Å²) in [5.74, 6) is 0.298. The van der Waals surface area contributed by atoms with Gasteiger partial charge < -0.3 is 10.4 Å². The second-order valence-electron chi connectivity index (χ2n) is 6.06. The molecule has 17 heavy (non-hydrogen) atoms. The normalized spacial score (nSPS) is 23.6. The zero-order valence-electron chi connectivity index (χ0n) is 11.9. The van der Waals surface area contributed by atoms with E-state index in [0.717, 1.165) is 6.54 Å². The third-order valence-corrected chi connectivity index (χ3v) is 5.79. The van der Waals surface area contributed by atoms with Crippen LogP contribution in [0, 0.1) is 5.92 Å². The minimum absolute atomic E-state index is 0.298. The Morgan fingerprint density at radius 3 is 2.35 bits per heavy atom. The molecule has 0 radical (unpaired) electrons. The SMILES string of the molecule is CSC1(CNCC(C)(O)C(C)C)CCCCC1. The first-order valence-corrected chi connectivity index (χ1v) is 8.13. The van der Waals surface area contributed by atoms with Gasteiger partial charge in [0.15, 0.2) is 0 Å². The molecule has 1 rings (SSSR count). The topological polar surface area (TPSA) is 32.3 Å². The van der Waals surface area contributed by atoms with Crippen LogP contribution in [0.2, 0.25) is 0 Å². The van der Waals surface area contributed by atoms with Crippen molar-refractivity contribution in [3.8, 4) is 0 Å². The van der Waals surface area contributed by atoms with Crippen LogP contribution < -0.4 is 5.32 Å². The smallest absolute Gasteiger partial charge is 0.0766 e. The zero-order valence-corrected chi connectivity index (χ0v) is 12.7. The maximum atomic E-state index is 10.2. The lowest BCUT2D eigenvalue weighted by atomic mass is 9.87. The lowest BCUT2D eigenvalue weighted by molar-refractivity contribution is 0.0137. The molecule has 0 heterocycles. The summed E-state index contributed by atoms with van der Waals surface area (Å²) in [6, 6.07) is 0. The Kier molecular flexibility index (Phi) is 5.81. The van der Waals surface area contributed by atoms with E-state index in [1.165, 1.54) is 32.1 Å². The maximum Gasteiger partial charge on any atom is 0.0766 e. The molecule has 1 unspecified atom stereocenters. The van der Waals surface area contributed by atoms with E-state index < -0.39 is 5.60 Å². The van der Waals surface area contributed by atoms with Gasteiger partial charge in [-0.15, -0.1) is 0 Å². The van der Waals surface area contributed by atoms with Gasteiger partial charge in [-0.05, 0) is 31.9 Å². The largest absolute Gasteiger partial charge is 0.389 e. The molecule has 3 heteroatoms. The number of hydrogen-bond donors (Lipinski definition) is 2. The predicted molar refractivity (Wildman–Crippen MR) is 77.7 cm³/mol. The second kappa shape index (κ2) is 6.44. The Morgan fingerprint density at radius 2 is 1.88 bits per heavy atom. The molecule has 0 bridgehead atoms. The lowest BCUT2D eigenvalue weighted by Gasteiger charge is -2.37. The summed E-state index contributed by atoms with van der Waals surface area (Å²) in [7, 11) is 0. The van der Waals surface area contributed by atoms with Crippen molar-refractivity contribution in [1.82, 2.24) is 5.32 Å². The van der Waals surface area contributed by atoms with Crippen molar-refractivity contribution < 1.29 is 5.11 Å². The van der Waals surface area contributed by atoms with Crippen molar-refractivity contribution in [2.24, 2.45) is 5.92 Å². The number of hydrogen-bond acceptors (Lipinski definition) is 3. The Morgan fingerprint density at radius 1 is 1.29 bits per heavy atom. The predicted octanol–water partition coefficient (Wildman–Crippen LogP) is 3.05. The number of rotatable bonds is 6. The van der Waals surface area contributed by atoms with Crippen LogP contribution in [-0.4, -0.2) is 34.8 Å². The van der Waals surface area contributed by atoms with E-state index in [1.807, 2.05) is 18.7 Å². The second-order valence-corrected chi connectivity index (χ2v) is 7.34. The minimum Gasteiger partial charge on any atom is -0.389 e. The van der Waals surface area contributed by atoms with Gasteiger partial charge in [0.25, 0.3) is 0 Å². The van der Waals surface area contributed by atoms with Gasteiger partial charge in [-0.25, -0.2) is 0 Å². The molecule has 1 fully saturated rings. The fraction of sp³-hybridized carbons (Fsp3) is 1.00. The highest BCUT2D eigenvalue weighted by molar-refractivity contribution is 8.00. The average Bonchev–Trinajstić information content (AvgIpc) is 2.30. The van der Waals surface area contributed by atoms with Crippen molar-refractivity contribution in [3.63, 3.8) is 0 Å². The van der Waals surface area contributed by atoms with E-state index in [-0.39, 0.29) is 0 Å². The van der Waals surface area contributed by atoms with Crippen LogP contribution >= 0.6 is 11.8 Å². The van der Waals surface area contributed by atoms with Crippen molar-refractivity contribution in [2.75, 3.05) is 19.3 Å². The van der Waals surface area contributed by atoms with Crippen LogP contribution in [0.25, 0.3) is 0 Å². The van der Waals surface area contributed by atoms with Crippen LogP contribution in [-0.2, 0) is 0 Å². The molecule has 0 aromatic carbocycles. The van der Waals surface area contributed by atoms with Crippen LogP contribution in [0.4, 0.5) is 0 Å². The van der Waals surface area contributed by atoms with Gasteiger partial charge in [0.1, 0.15) is 0 Å². The van der Waals surface area contributed by atoms with Crippen LogP contribution in [0.5, 0.6) is 0 Å². The molecule has 1 saturated carbocycles. The van der Waals surface area contributed by atoms with Crippen LogP contribution in [0.1, 0.15) is 52.9 Å². The van der Waals surface area contributed by atoms with Gasteiger partial charge in [-0.2, -0.15) is 11.8 Å². The first-order chi connectivity index (χ1) is 7.92. The highest BCUT2D eigenvalue weighted by Gasteiger charge is 2.32. The number of thioether (sulfide) groups is 1. The summed E-state index contributed by atoms with van der Waals surface area (Å²) in [5, 5.41) is 13.7. The molecular formula is C14H29NOS. The summed E-state index contributed by atoms with van der Waals surface area (Å²) < 4.78 is 0.422. The number of aliphatic hydroxyl groups is 1. The fourth-order valence-electron chi connectivity index (χ4n) is 2.40. The van der Waals surface area contributed by atoms with Gasteiger partial charge in [0.05, 0.1) is 5.60 Å². The van der Waals surface area contributed by atoms with Crippen LogP contribution in [0.3, 0.4) is 0 Å². The average molecular weight is 259 g/mol. The fourth-order valence-corrected chi connectivity index (χ4v) is 3.34. The molecule has 0 aliphatic heterocycles. The molecule has 2 N–H and O–H groups in total. The van der Waals surface area contributed by atoms with Crippen molar-refractivity contribution >= 4 is 11.8 Å². The highest BCUT2D eigenvalue weighted by Crippen LogP contribution is 2.38. The Balaban J connectivity index is 2.38. The molecule has 0 spiro atoms. The molecule has 1 aliphatic rings. The summed E-state index contributed by atoms with van der Waals surface area (Å²) in [4.78, 5) is 0. The first kappa shape index (κ1) is 15.3. The Bertz CT molecular complexity index is 222. The van der Waals surface area contributed by atoms with Crippen molar-refractivity contribution in [3.05, 3.63) is 0 Å². The van der Waals surface area contributed by atoms with E-state index in [2.05, 4.69) is 25.4 Å². The monoisotopic (exact) mass is 259 g/mol. The Labute approximate surface area is 111 Å². The molecule has 102 valence electrons. The molecule has 1 aliphatic carbocycles. The summed E-state index contributed by atoms with van der Waals surface area (Å²) in [6.45, 7) is 7.82. The Hall–Kier alpha value is 0.270. The first-order valence-electron chi connectivity index (χ1n) is 6.90. The molecule has 0 amide bonds. The molecule has 2 nitrogen and oxygen atoms in total. The minimum atomic E-state index is -0.589. The summed E-state index contributed by atoms with van der Waals surface area (Å²) >= 11 is 2.01. The highest BCUT2D eigenvalue weighted by atomic mass is 32.2. The number of nitrogens with one attached hydrogen (secondary N) is 1. The standard InChI is InChI=1S/C14H29NOS/c1-12(2)13(3,16)10-15-11-14(17-4)8-6-5-7-9-14/h12,15-16H,5-11H2,1-4H3. The van der Waals surface area contributed by atoms with Gasteiger partial charge in [0, 0.05) is 17.8 Å². The molecule has 0 aromatic heterocycles. The van der Waals surface area contributed by atoms with Gasteiger partial charge in [-0.1, -0.05) is 33.1 Å². The van der Waals surface area contributed by atoms with Gasteiger partial charge in [-0.3, -0.25) is 0 Å². The van der Waals surface area contributed by atoms with E-state index in [9.17, 15) is 5.11 Å². The molecule has 1 atom stereocenters. The van der Waals surface area contributed by atoms with E-state index in [4.69, 9.17) is 0 Å². The van der Waals surface area contributed by atoms with Gasteiger partial charge in [0.2, 0.25) is 0 Å². The molecule has 0 aromatic rings. The summed E-state index contributed by atoms with van der Waals surface area (Å²) in [6.07, 6.45) is 9.00. The molecular weight excluding hydrogens is 230 g/mol. The van der Waals surface area contributed by atoms with E-state index in [1.54, 1.807) is 0 Å². The van der Waals surface area contributed by atoms with E-state index >= 15 is 0 Å². The van der Waals surface area contributed by atoms with Crippen molar-refractivity contribution in [1.29, 1.82) is 0 Å².